The highest BCUT2D eigenvalue weighted by atomic mass is 31.2. The second-order valence-corrected chi connectivity index (χ2v) is 28.8. The Labute approximate surface area is 618 Å². The van der Waals surface area contributed by atoms with Crippen molar-refractivity contribution in [2.24, 2.45) is 0 Å². The van der Waals surface area contributed by atoms with E-state index in [4.69, 9.17) is 37.0 Å². The van der Waals surface area contributed by atoms with Crippen LogP contribution in [-0.2, 0) is 65.4 Å². The van der Waals surface area contributed by atoms with Gasteiger partial charge in [-0.05, 0) is 135 Å². The number of ether oxygens (including phenoxy) is 4. The maximum absolute atomic E-state index is 13.1. The summed E-state index contributed by atoms with van der Waals surface area (Å²) in [7, 11) is -9.98. The van der Waals surface area contributed by atoms with E-state index in [0.29, 0.717) is 32.1 Å². The standard InChI is InChI=1S/C83H140O17P2/c1-5-9-13-17-21-25-29-33-37-38-42-44-48-52-56-60-64-68-81(86)94-74-79(100-83(88)70-66-62-58-54-50-46-41-36-32-28-24-20-16-12-8-4)76-98-102(91,92)96-72-77(84)71-95-101(89,90)97-75-78(99-82(87)69-65-61-57-53-49-45-40-35-31-27-23-19-15-11-7-3)73-93-80(85)67-63-59-55-51-47-43-39-34-30-26-22-18-14-10-6-2/h9-10,12-14,16,21-22,24-26,28,33-34,36-37,39,41-42,44,50,54,77-79,84H,5-8,11,15,17-20,23,27,29-32,35,38,40,43,45-49,51-53,55-76H2,1-4H3,(H,89,90)(H,91,92)/b13-9-,14-10-,16-12-,25-21-,26-22-,28-24-,37-33-,39-34-,41-36-,44-42-,54-50-. The number of aliphatic hydroxyl groups excluding tert-OH is 1. The number of rotatable bonds is 73. The fraction of sp³-hybridized carbons (Fsp3) is 0.687. The molecule has 0 aromatic heterocycles. The minimum Gasteiger partial charge on any atom is -0.462 e. The molecule has 0 aliphatic rings. The SMILES string of the molecule is CC/C=C\C/C=C\C/C=C\C/C=C\CCCCCCC(=O)OCC(COP(=O)(O)OCC(O)COP(=O)(O)OCC(COC(=O)CCCCCCC/C=C\C/C=C\C/C=C\CC)OC(=O)CCCCCCCCCCCCCCCCC)OC(=O)CCCC/C=C\C/C=C\C/C=C\C/C=C\CC. The second kappa shape index (κ2) is 74.5. The van der Waals surface area contributed by atoms with Gasteiger partial charge in [0.25, 0.3) is 0 Å². The molecule has 19 heteroatoms. The predicted octanol–water partition coefficient (Wildman–Crippen LogP) is 22.9. The molecule has 0 aliphatic carbocycles. The van der Waals surface area contributed by atoms with E-state index >= 15 is 0 Å². The molecule has 0 saturated carbocycles. The molecule has 102 heavy (non-hydrogen) atoms. The van der Waals surface area contributed by atoms with E-state index < -0.39 is 97.5 Å². The maximum atomic E-state index is 13.1. The minimum absolute atomic E-state index is 0.0337. The highest BCUT2D eigenvalue weighted by Gasteiger charge is 2.30. The monoisotopic (exact) mass is 1470 g/mol. The molecule has 0 amide bonds. The first-order valence-corrected chi connectivity index (χ1v) is 42.4. The summed E-state index contributed by atoms with van der Waals surface area (Å²) in [5.41, 5.74) is 0. The normalized spacial score (nSPS) is 14.6. The van der Waals surface area contributed by atoms with Crippen molar-refractivity contribution >= 4 is 39.5 Å². The number of phosphoric ester groups is 2. The summed E-state index contributed by atoms with van der Waals surface area (Å²) in [6, 6.07) is 0. The fourth-order valence-electron chi connectivity index (χ4n) is 10.2. The molecule has 3 N–H and O–H groups in total. The van der Waals surface area contributed by atoms with Gasteiger partial charge in [-0.15, -0.1) is 0 Å². The van der Waals surface area contributed by atoms with Crippen molar-refractivity contribution in [3.05, 3.63) is 134 Å². The molecule has 584 valence electrons. The molecule has 0 saturated heterocycles. The van der Waals surface area contributed by atoms with Crippen LogP contribution in [-0.4, -0.2) is 96.7 Å². The zero-order chi connectivity index (χ0) is 74.6. The van der Waals surface area contributed by atoms with Crippen LogP contribution in [0.1, 0.15) is 310 Å². The van der Waals surface area contributed by atoms with Gasteiger partial charge in [0.05, 0.1) is 26.4 Å². The number of hydrogen-bond donors (Lipinski definition) is 3. The zero-order valence-corrected chi connectivity index (χ0v) is 65.5. The van der Waals surface area contributed by atoms with Crippen molar-refractivity contribution in [2.75, 3.05) is 39.6 Å². The third kappa shape index (κ3) is 73.5. The minimum atomic E-state index is -5.00. The van der Waals surface area contributed by atoms with Crippen molar-refractivity contribution in [2.45, 2.75) is 329 Å². The van der Waals surface area contributed by atoms with Gasteiger partial charge in [0, 0.05) is 25.7 Å². The summed E-state index contributed by atoms with van der Waals surface area (Å²) in [6.45, 7) is 4.46. The Morgan fingerprint density at radius 3 is 0.804 bits per heavy atom. The Morgan fingerprint density at radius 2 is 0.510 bits per heavy atom. The second-order valence-electron chi connectivity index (χ2n) is 25.9. The lowest BCUT2D eigenvalue weighted by Crippen LogP contribution is -2.30. The van der Waals surface area contributed by atoms with Gasteiger partial charge in [0.15, 0.2) is 12.2 Å². The Hall–Kier alpha value is -4.80. The average Bonchev–Trinajstić information content (AvgIpc) is 0.923. The van der Waals surface area contributed by atoms with Crippen LogP contribution < -0.4 is 0 Å². The number of aliphatic hydroxyl groups is 1. The third-order valence-electron chi connectivity index (χ3n) is 16.1. The smallest absolute Gasteiger partial charge is 0.462 e. The molecule has 0 fully saturated rings. The van der Waals surface area contributed by atoms with Crippen LogP contribution in [0.4, 0.5) is 0 Å². The van der Waals surface area contributed by atoms with Gasteiger partial charge >= 0.3 is 39.5 Å². The quantitative estimate of drug-likeness (QED) is 0.0169. The van der Waals surface area contributed by atoms with E-state index in [0.717, 1.165) is 161 Å². The number of hydrogen-bond acceptors (Lipinski definition) is 15. The Kier molecular flexibility index (Phi) is 71.0. The molecule has 0 bridgehead atoms. The van der Waals surface area contributed by atoms with E-state index in [1.807, 2.05) is 0 Å². The van der Waals surface area contributed by atoms with Crippen LogP contribution in [0.25, 0.3) is 0 Å². The summed E-state index contributed by atoms with van der Waals surface area (Å²) >= 11 is 0. The molecule has 0 aliphatic heterocycles. The van der Waals surface area contributed by atoms with E-state index in [1.165, 1.54) is 64.2 Å². The molecule has 0 heterocycles. The number of esters is 4. The summed E-state index contributed by atoms with van der Waals surface area (Å²) in [5, 5.41) is 10.6. The Bertz CT molecular complexity index is 2460. The molecule has 0 spiro atoms. The molecule has 0 aromatic rings. The molecule has 5 atom stereocenters. The lowest BCUT2D eigenvalue weighted by atomic mass is 10.0. The van der Waals surface area contributed by atoms with Crippen LogP contribution in [0.15, 0.2) is 134 Å². The van der Waals surface area contributed by atoms with Crippen molar-refractivity contribution < 1.29 is 80.2 Å². The lowest BCUT2D eigenvalue weighted by Gasteiger charge is -2.21. The van der Waals surface area contributed by atoms with Crippen molar-refractivity contribution in [3.63, 3.8) is 0 Å². The van der Waals surface area contributed by atoms with Gasteiger partial charge in [-0.3, -0.25) is 37.3 Å². The molecule has 5 unspecified atom stereocenters. The number of allylic oxidation sites excluding steroid dienone is 22. The summed E-state index contributed by atoms with van der Waals surface area (Å²) < 4.78 is 68.5. The van der Waals surface area contributed by atoms with Gasteiger partial charge in [-0.1, -0.05) is 283 Å². The van der Waals surface area contributed by atoms with Crippen LogP contribution >= 0.6 is 15.6 Å². The van der Waals surface area contributed by atoms with Crippen molar-refractivity contribution in [1.29, 1.82) is 0 Å². The Balaban J connectivity index is 5.42. The van der Waals surface area contributed by atoms with Gasteiger partial charge in [-0.2, -0.15) is 0 Å². The summed E-state index contributed by atoms with van der Waals surface area (Å²) in [5.74, 6) is -2.26. The predicted molar refractivity (Wildman–Crippen MR) is 418 cm³/mol. The van der Waals surface area contributed by atoms with E-state index in [2.05, 4.69) is 161 Å². The van der Waals surface area contributed by atoms with E-state index in [9.17, 15) is 43.2 Å². The topological polar surface area (TPSA) is 237 Å². The first kappa shape index (κ1) is 97.2. The summed E-state index contributed by atoms with van der Waals surface area (Å²) in [4.78, 5) is 73.0. The third-order valence-corrected chi connectivity index (χ3v) is 18.0. The van der Waals surface area contributed by atoms with Gasteiger partial charge in [0.2, 0.25) is 0 Å². The van der Waals surface area contributed by atoms with Crippen LogP contribution in [0.2, 0.25) is 0 Å². The highest BCUT2D eigenvalue weighted by Crippen LogP contribution is 2.45. The van der Waals surface area contributed by atoms with Gasteiger partial charge in [-0.25, -0.2) is 9.13 Å². The molecule has 0 aromatic carbocycles. The van der Waals surface area contributed by atoms with Crippen molar-refractivity contribution in [1.82, 2.24) is 0 Å². The maximum Gasteiger partial charge on any atom is 0.472 e. The van der Waals surface area contributed by atoms with Crippen LogP contribution in [0, 0.1) is 0 Å². The zero-order valence-electron chi connectivity index (χ0n) is 63.7. The van der Waals surface area contributed by atoms with Crippen LogP contribution in [0.3, 0.4) is 0 Å². The molecule has 17 nitrogen and oxygen atoms in total. The van der Waals surface area contributed by atoms with Crippen molar-refractivity contribution in [3.8, 4) is 0 Å². The Morgan fingerprint density at radius 1 is 0.284 bits per heavy atom. The fourth-order valence-corrected chi connectivity index (χ4v) is 11.8. The number of carbonyl (C=O) groups excluding carboxylic acids is 4. The van der Waals surface area contributed by atoms with Crippen LogP contribution in [0.5, 0.6) is 0 Å². The lowest BCUT2D eigenvalue weighted by molar-refractivity contribution is -0.161. The largest absolute Gasteiger partial charge is 0.472 e. The van der Waals surface area contributed by atoms with Gasteiger partial charge < -0.3 is 33.8 Å². The number of unbranched alkanes of at least 4 members (excludes halogenated alkanes) is 25. The first-order valence-electron chi connectivity index (χ1n) is 39.4. The molecule has 0 rings (SSSR count). The highest BCUT2D eigenvalue weighted by molar-refractivity contribution is 7.47. The van der Waals surface area contributed by atoms with E-state index in [1.54, 1.807) is 0 Å². The average molecular weight is 1470 g/mol. The number of carbonyl (C=O) groups is 4. The molecular weight excluding hydrogens is 1330 g/mol. The molecular formula is C83H140O17P2. The van der Waals surface area contributed by atoms with E-state index in [-0.39, 0.29) is 25.7 Å². The first-order chi connectivity index (χ1) is 49.7. The molecule has 0 radical (unpaired) electrons. The van der Waals surface area contributed by atoms with Gasteiger partial charge in [0.1, 0.15) is 19.3 Å². The summed E-state index contributed by atoms with van der Waals surface area (Å²) in [6.07, 6.45) is 82.9. The number of phosphoric acid groups is 2.